The van der Waals surface area contributed by atoms with Crippen LogP contribution in [0.15, 0.2) is 60.9 Å². The van der Waals surface area contributed by atoms with Gasteiger partial charge in [0.2, 0.25) is 0 Å². The molecule has 3 rings (SSSR count). The topological polar surface area (TPSA) is 54.0 Å². The van der Waals surface area contributed by atoms with Crippen molar-refractivity contribution in [3.05, 3.63) is 83.4 Å². The highest BCUT2D eigenvalue weighted by atomic mass is 19.1. The maximum Gasteiger partial charge on any atom is 0.257 e. The number of rotatable bonds is 4. The van der Waals surface area contributed by atoms with Gasteiger partial charge in [-0.1, -0.05) is 24.3 Å². The van der Waals surface area contributed by atoms with E-state index < -0.39 is 0 Å². The molecule has 3 aromatic rings. The van der Waals surface area contributed by atoms with Gasteiger partial charge in [-0.3, -0.25) is 9.78 Å². The Labute approximate surface area is 145 Å². The van der Waals surface area contributed by atoms with Gasteiger partial charge in [0.05, 0.1) is 23.1 Å². The van der Waals surface area contributed by atoms with Gasteiger partial charge in [-0.25, -0.2) is 4.39 Å². The predicted molar refractivity (Wildman–Crippen MR) is 97.8 cm³/mol. The van der Waals surface area contributed by atoms with Crippen LogP contribution in [0.2, 0.25) is 0 Å². The van der Waals surface area contributed by atoms with E-state index in [2.05, 4.69) is 15.6 Å². The molecule has 0 aliphatic rings. The molecule has 4 nitrogen and oxygen atoms in total. The van der Waals surface area contributed by atoms with Crippen LogP contribution < -0.4 is 10.6 Å². The largest absolute Gasteiger partial charge is 0.352 e. The van der Waals surface area contributed by atoms with E-state index in [0.717, 1.165) is 16.8 Å². The van der Waals surface area contributed by atoms with E-state index in [9.17, 15) is 9.18 Å². The van der Waals surface area contributed by atoms with Crippen molar-refractivity contribution in [1.82, 2.24) is 4.98 Å². The molecule has 126 valence electrons. The van der Waals surface area contributed by atoms with Crippen LogP contribution in [-0.2, 0) is 0 Å². The summed E-state index contributed by atoms with van der Waals surface area (Å²) in [5.74, 6) is -0.633. The monoisotopic (exact) mass is 335 g/mol. The van der Waals surface area contributed by atoms with E-state index >= 15 is 0 Å². The third-order valence-electron chi connectivity index (χ3n) is 4.01. The fourth-order valence-corrected chi connectivity index (χ4v) is 2.43. The Kier molecular flexibility index (Phi) is 4.75. The molecule has 2 N–H and O–H groups in total. The van der Waals surface area contributed by atoms with Crippen LogP contribution in [0.1, 0.15) is 21.5 Å². The maximum absolute atomic E-state index is 13.7. The zero-order chi connectivity index (χ0) is 17.8. The zero-order valence-corrected chi connectivity index (χ0v) is 14.0. The third-order valence-corrected chi connectivity index (χ3v) is 4.01. The van der Waals surface area contributed by atoms with Gasteiger partial charge in [-0.15, -0.1) is 0 Å². The predicted octanol–water partition coefficient (Wildman–Crippen LogP) is 4.83. The third kappa shape index (κ3) is 3.83. The van der Waals surface area contributed by atoms with Crippen LogP contribution >= 0.6 is 0 Å². The Hall–Kier alpha value is -3.21. The molecule has 1 heterocycles. The molecule has 0 fully saturated rings. The van der Waals surface area contributed by atoms with Crippen LogP contribution in [0.4, 0.5) is 21.5 Å². The zero-order valence-electron chi connectivity index (χ0n) is 14.0. The SMILES string of the molecule is Cc1cccc(NC(=O)c2cncc(Nc3ccccc3F)c2)c1C. The van der Waals surface area contributed by atoms with E-state index in [1.165, 1.54) is 12.3 Å². The standard InChI is InChI=1S/C20H18FN3O/c1-13-6-5-9-18(14(13)2)24-20(25)15-10-16(12-22-11-15)23-19-8-4-3-7-17(19)21/h3-12,23H,1-2H3,(H,24,25). The van der Waals surface area contributed by atoms with E-state index in [1.807, 2.05) is 32.0 Å². The number of aromatic nitrogens is 1. The van der Waals surface area contributed by atoms with Crippen molar-refractivity contribution >= 4 is 23.0 Å². The summed E-state index contributed by atoms with van der Waals surface area (Å²) >= 11 is 0. The summed E-state index contributed by atoms with van der Waals surface area (Å²) in [6, 6.07) is 13.7. The summed E-state index contributed by atoms with van der Waals surface area (Å²) in [7, 11) is 0. The fraction of sp³-hybridized carbons (Fsp3) is 0.100. The van der Waals surface area contributed by atoms with E-state index in [1.54, 1.807) is 30.5 Å². The van der Waals surface area contributed by atoms with E-state index in [-0.39, 0.29) is 11.7 Å². The second kappa shape index (κ2) is 7.13. The quantitative estimate of drug-likeness (QED) is 0.718. The van der Waals surface area contributed by atoms with Crippen molar-refractivity contribution in [3.8, 4) is 0 Å². The van der Waals surface area contributed by atoms with E-state index in [4.69, 9.17) is 0 Å². The van der Waals surface area contributed by atoms with Gasteiger partial charge in [0.1, 0.15) is 5.82 Å². The average molecular weight is 335 g/mol. The number of benzene rings is 2. The molecule has 0 aliphatic carbocycles. The highest BCUT2D eigenvalue weighted by Gasteiger charge is 2.10. The molecule has 0 bridgehead atoms. The highest BCUT2D eigenvalue weighted by molar-refractivity contribution is 6.05. The summed E-state index contributed by atoms with van der Waals surface area (Å²) in [6.45, 7) is 3.95. The number of halogens is 1. The summed E-state index contributed by atoms with van der Waals surface area (Å²) in [5.41, 5.74) is 4.14. The average Bonchev–Trinajstić information content (AvgIpc) is 2.61. The van der Waals surface area contributed by atoms with Crippen molar-refractivity contribution < 1.29 is 9.18 Å². The van der Waals surface area contributed by atoms with Crippen LogP contribution in [0, 0.1) is 19.7 Å². The molecule has 1 aromatic heterocycles. The number of hydrogen-bond acceptors (Lipinski definition) is 3. The van der Waals surface area contributed by atoms with Crippen molar-refractivity contribution in [2.45, 2.75) is 13.8 Å². The lowest BCUT2D eigenvalue weighted by molar-refractivity contribution is 0.102. The highest BCUT2D eigenvalue weighted by Crippen LogP contribution is 2.21. The minimum Gasteiger partial charge on any atom is -0.352 e. The van der Waals surface area contributed by atoms with Gasteiger partial charge < -0.3 is 10.6 Å². The van der Waals surface area contributed by atoms with Gasteiger partial charge >= 0.3 is 0 Å². The van der Waals surface area contributed by atoms with Crippen LogP contribution in [0.25, 0.3) is 0 Å². The second-order valence-corrected chi connectivity index (χ2v) is 5.77. The summed E-state index contributed by atoms with van der Waals surface area (Å²) in [5, 5.41) is 5.82. The first kappa shape index (κ1) is 16.6. The lowest BCUT2D eigenvalue weighted by Crippen LogP contribution is -2.13. The summed E-state index contributed by atoms with van der Waals surface area (Å²) in [4.78, 5) is 16.6. The van der Waals surface area contributed by atoms with Gasteiger partial charge in [0, 0.05) is 11.9 Å². The minimum absolute atomic E-state index is 0.265. The second-order valence-electron chi connectivity index (χ2n) is 5.77. The Morgan fingerprint density at radius 3 is 2.56 bits per heavy atom. The Balaban J connectivity index is 1.80. The maximum atomic E-state index is 13.7. The van der Waals surface area contributed by atoms with Crippen molar-refractivity contribution in [2.24, 2.45) is 0 Å². The molecule has 0 saturated carbocycles. The molecule has 0 aliphatic heterocycles. The van der Waals surface area contributed by atoms with Crippen LogP contribution in [0.5, 0.6) is 0 Å². The first-order chi connectivity index (χ1) is 12.0. The number of para-hydroxylation sites is 1. The van der Waals surface area contributed by atoms with Gasteiger partial charge in [0.15, 0.2) is 0 Å². The normalized spacial score (nSPS) is 10.4. The smallest absolute Gasteiger partial charge is 0.257 e. The van der Waals surface area contributed by atoms with Crippen molar-refractivity contribution in [2.75, 3.05) is 10.6 Å². The first-order valence-corrected chi connectivity index (χ1v) is 7.89. The Morgan fingerprint density at radius 2 is 1.76 bits per heavy atom. The molecule has 2 aromatic carbocycles. The first-order valence-electron chi connectivity index (χ1n) is 7.89. The lowest BCUT2D eigenvalue weighted by atomic mass is 10.1. The molecule has 1 amide bonds. The van der Waals surface area contributed by atoms with Crippen molar-refractivity contribution in [1.29, 1.82) is 0 Å². The number of aryl methyl sites for hydroxylation is 1. The number of nitrogens with zero attached hydrogens (tertiary/aromatic N) is 1. The summed E-state index contributed by atoms with van der Waals surface area (Å²) < 4.78 is 13.7. The number of carbonyl (C=O) groups excluding carboxylic acids is 1. The molecule has 5 heteroatoms. The molecular formula is C20H18FN3O. The molecule has 0 spiro atoms. The fourth-order valence-electron chi connectivity index (χ4n) is 2.43. The van der Waals surface area contributed by atoms with E-state index in [0.29, 0.717) is 16.9 Å². The van der Waals surface area contributed by atoms with Gasteiger partial charge in [0.25, 0.3) is 5.91 Å². The molecule has 0 saturated heterocycles. The number of nitrogens with one attached hydrogen (secondary N) is 2. The number of amides is 1. The Morgan fingerprint density at radius 1 is 1.00 bits per heavy atom. The molecule has 25 heavy (non-hydrogen) atoms. The molecule has 0 radical (unpaired) electrons. The number of pyridine rings is 1. The Bertz CT molecular complexity index is 924. The lowest BCUT2D eigenvalue weighted by Gasteiger charge is -2.11. The van der Waals surface area contributed by atoms with Gasteiger partial charge in [-0.05, 0) is 49.2 Å². The van der Waals surface area contributed by atoms with Crippen LogP contribution in [-0.4, -0.2) is 10.9 Å². The minimum atomic E-state index is -0.368. The van der Waals surface area contributed by atoms with Crippen LogP contribution in [0.3, 0.4) is 0 Å². The number of anilines is 3. The van der Waals surface area contributed by atoms with Gasteiger partial charge in [-0.2, -0.15) is 0 Å². The van der Waals surface area contributed by atoms with Crippen molar-refractivity contribution in [3.63, 3.8) is 0 Å². The molecule has 0 unspecified atom stereocenters. The number of carbonyl (C=O) groups is 1. The molecular weight excluding hydrogens is 317 g/mol. The summed E-state index contributed by atoms with van der Waals surface area (Å²) in [6.07, 6.45) is 3.02. The number of hydrogen-bond donors (Lipinski definition) is 2. The molecule has 0 atom stereocenters.